The zero-order valence-electron chi connectivity index (χ0n) is 6.54. The number of alkyl halides is 1. The lowest BCUT2D eigenvalue weighted by molar-refractivity contribution is 0.294. The Labute approximate surface area is 76.2 Å². The molecule has 3 rings (SSSR count). The third kappa shape index (κ3) is 0.756. The first kappa shape index (κ1) is 6.71. The minimum atomic E-state index is 0.844. The van der Waals surface area contributed by atoms with Gasteiger partial charge in [-0.2, -0.15) is 0 Å². The lowest BCUT2D eigenvalue weighted by Gasteiger charge is -2.27. The standard InChI is InChI=1S/C10H13Br/c11-10-5-6-4-9(10)8-3-1-2-7(6)8/h1,3,6-10H,2,4-5H2. The average molecular weight is 213 g/mol. The van der Waals surface area contributed by atoms with Crippen molar-refractivity contribution in [3.63, 3.8) is 0 Å². The molecule has 0 aromatic rings. The van der Waals surface area contributed by atoms with Crippen molar-refractivity contribution in [3.8, 4) is 0 Å². The summed E-state index contributed by atoms with van der Waals surface area (Å²) in [5, 5.41) is 0. The van der Waals surface area contributed by atoms with Crippen LogP contribution in [0.4, 0.5) is 0 Å². The number of fused-ring (bicyclic) bond motifs is 5. The maximum absolute atomic E-state index is 3.80. The second kappa shape index (κ2) is 2.12. The third-order valence-electron chi connectivity index (χ3n) is 3.93. The van der Waals surface area contributed by atoms with Gasteiger partial charge in [0.2, 0.25) is 0 Å². The molecule has 0 aliphatic heterocycles. The Morgan fingerprint density at radius 2 is 2.09 bits per heavy atom. The molecule has 0 aromatic carbocycles. The molecule has 1 heteroatoms. The molecule has 0 nitrogen and oxygen atoms in total. The molecule has 60 valence electrons. The van der Waals surface area contributed by atoms with Crippen LogP contribution in [0, 0.1) is 23.7 Å². The highest BCUT2D eigenvalue weighted by atomic mass is 79.9. The topological polar surface area (TPSA) is 0 Å². The summed E-state index contributed by atoms with van der Waals surface area (Å²) < 4.78 is 0. The van der Waals surface area contributed by atoms with Crippen LogP contribution in [0.15, 0.2) is 12.2 Å². The van der Waals surface area contributed by atoms with E-state index in [1.165, 1.54) is 19.3 Å². The lowest BCUT2D eigenvalue weighted by atomic mass is 9.81. The highest BCUT2D eigenvalue weighted by Gasteiger charge is 2.51. The molecular formula is C10H13Br. The van der Waals surface area contributed by atoms with E-state index < -0.39 is 0 Å². The van der Waals surface area contributed by atoms with Crippen molar-refractivity contribution in [2.24, 2.45) is 23.7 Å². The molecule has 0 radical (unpaired) electrons. The van der Waals surface area contributed by atoms with Crippen LogP contribution in [-0.2, 0) is 0 Å². The Balaban J connectivity index is 1.94. The number of hydrogen-bond acceptors (Lipinski definition) is 0. The highest BCUT2D eigenvalue weighted by molar-refractivity contribution is 9.09. The summed E-state index contributed by atoms with van der Waals surface area (Å²) in [7, 11) is 0. The molecule has 0 aromatic heterocycles. The van der Waals surface area contributed by atoms with Gasteiger partial charge in [0.25, 0.3) is 0 Å². The van der Waals surface area contributed by atoms with Gasteiger partial charge in [-0.05, 0) is 42.9 Å². The van der Waals surface area contributed by atoms with Gasteiger partial charge in [-0.15, -0.1) is 0 Å². The van der Waals surface area contributed by atoms with Gasteiger partial charge in [0, 0.05) is 4.83 Å². The van der Waals surface area contributed by atoms with Gasteiger partial charge in [-0.1, -0.05) is 28.1 Å². The normalized spacial score (nSPS) is 58.8. The Kier molecular flexibility index (Phi) is 1.30. The van der Waals surface area contributed by atoms with E-state index in [0.717, 1.165) is 28.5 Å². The molecular weight excluding hydrogens is 200 g/mol. The number of halogens is 1. The molecule has 5 unspecified atom stereocenters. The Hall–Kier alpha value is 0.220. The van der Waals surface area contributed by atoms with Crippen LogP contribution < -0.4 is 0 Å². The lowest BCUT2D eigenvalue weighted by Crippen LogP contribution is -2.24. The van der Waals surface area contributed by atoms with Crippen molar-refractivity contribution in [2.75, 3.05) is 0 Å². The van der Waals surface area contributed by atoms with Gasteiger partial charge in [0.15, 0.2) is 0 Å². The molecule has 2 bridgehead atoms. The van der Waals surface area contributed by atoms with E-state index in [0.29, 0.717) is 0 Å². The fraction of sp³-hybridized carbons (Fsp3) is 0.800. The molecule has 0 heterocycles. The molecule has 3 aliphatic carbocycles. The minimum Gasteiger partial charge on any atom is -0.0887 e. The van der Waals surface area contributed by atoms with Crippen LogP contribution in [-0.4, -0.2) is 4.83 Å². The first-order valence-electron chi connectivity index (χ1n) is 4.67. The quantitative estimate of drug-likeness (QED) is 0.428. The molecule has 0 saturated heterocycles. The van der Waals surface area contributed by atoms with Crippen LogP contribution in [0.1, 0.15) is 19.3 Å². The predicted octanol–water partition coefficient (Wildman–Crippen LogP) is 2.98. The van der Waals surface area contributed by atoms with Crippen molar-refractivity contribution in [2.45, 2.75) is 24.1 Å². The van der Waals surface area contributed by atoms with Crippen LogP contribution >= 0.6 is 15.9 Å². The van der Waals surface area contributed by atoms with Gasteiger partial charge in [0.05, 0.1) is 0 Å². The molecule has 11 heavy (non-hydrogen) atoms. The Morgan fingerprint density at radius 3 is 3.00 bits per heavy atom. The van der Waals surface area contributed by atoms with Crippen molar-refractivity contribution in [1.82, 2.24) is 0 Å². The van der Waals surface area contributed by atoms with Crippen LogP contribution in [0.3, 0.4) is 0 Å². The summed E-state index contributed by atoms with van der Waals surface area (Å²) in [4.78, 5) is 0.844. The molecule has 0 amide bonds. The largest absolute Gasteiger partial charge is 0.0887 e. The van der Waals surface area contributed by atoms with Gasteiger partial charge in [-0.25, -0.2) is 0 Å². The van der Waals surface area contributed by atoms with E-state index in [-0.39, 0.29) is 0 Å². The minimum absolute atomic E-state index is 0.844. The Bertz CT molecular complexity index is 209. The van der Waals surface area contributed by atoms with E-state index in [1.54, 1.807) is 0 Å². The van der Waals surface area contributed by atoms with Gasteiger partial charge >= 0.3 is 0 Å². The maximum atomic E-state index is 3.80. The summed E-state index contributed by atoms with van der Waals surface area (Å²) in [5.41, 5.74) is 0. The molecule has 0 spiro atoms. The number of allylic oxidation sites excluding steroid dienone is 2. The predicted molar refractivity (Wildman–Crippen MR) is 49.7 cm³/mol. The molecule has 5 atom stereocenters. The summed E-state index contributed by atoms with van der Waals surface area (Å²) in [6.07, 6.45) is 9.22. The van der Waals surface area contributed by atoms with Crippen LogP contribution in [0.2, 0.25) is 0 Å². The Morgan fingerprint density at radius 1 is 1.18 bits per heavy atom. The van der Waals surface area contributed by atoms with E-state index in [2.05, 4.69) is 28.1 Å². The maximum Gasteiger partial charge on any atom is 0.0182 e. The van der Waals surface area contributed by atoms with Crippen LogP contribution in [0.5, 0.6) is 0 Å². The summed E-state index contributed by atoms with van der Waals surface area (Å²) in [5.74, 6) is 4.06. The van der Waals surface area contributed by atoms with Crippen molar-refractivity contribution in [1.29, 1.82) is 0 Å². The smallest absolute Gasteiger partial charge is 0.0182 e. The summed E-state index contributed by atoms with van der Waals surface area (Å²) in [6, 6.07) is 0. The van der Waals surface area contributed by atoms with E-state index >= 15 is 0 Å². The monoisotopic (exact) mass is 212 g/mol. The van der Waals surface area contributed by atoms with E-state index in [1.807, 2.05) is 0 Å². The zero-order valence-corrected chi connectivity index (χ0v) is 8.13. The molecule has 0 N–H and O–H groups in total. The summed E-state index contributed by atoms with van der Waals surface area (Å²) in [6.45, 7) is 0. The average Bonchev–Trinajstić information content (AvgIpc) is 2.52. The highest BCUT2D eigenvalue weighted by Crippen LogP contribution is 2.58. The fourth-order valence-electron chi connectivity index (χ4n) is 3.46. The van der Waals surface area contributed by atoms with Crippen LogP contribution in [0.25, 0.3) is 0 Å². The third-order valence-corrected chi connectivity index (χ3v) is 4.98. The van der Waals surface area contributed by atoms with Gasteiger partial charge in [-0.3, -0.25) is 0 Å². The van der Waals surface area contributed by atoms with Crippen molar-refractivity contribution < 1.29 is 0 Å². The van der Waals surface area contributed by atoms with E-state index in [9.17, 15) is 0 Å². The second-order valence-electron chi connectivity index (χ2n) is 4.32. The first-order valence-corrected chi connectivity index (χ1v) is 5.58. The summed E-state index contributed by atoms with van der Waals surface area (Å²) >= 11 is 3.80. The van der Waals surface area contributed by atoms with Gasteiger partial charge < -0.3 is 0 Å². The molecule has 2 fully saturated rings. The van der Waals surface area contributed by atoms with Gasteiger partial charge in [0.1, 0.15) is 0 Å². The van der Waals surface area contributed by atoms with Crippen molar-refractivity contribution >= 4 is 15.9 Å². The SMILES string of the molecule is BrC1CC2CC1C1C=CCC21. The number of rotatable bonds is 0. The fourth-order valence-corrected chi connectivity index (χ4v) is 4.51. The van der Waals surface area contributed by atoms with E-state index in [4.69, 9.17) is 0 Å². The second-order valence-corrected chi connectivity index (χ2v) is 5.49. The zero-order chi connectivity index (χ0) is 7.42. The van der Waals surface area contributed by atoms with Crippen molar-refractivity contribution in [3.05, 3.63) is 12.2 Å². The molecule has 2 saturated carbocycles. The molecule has 3 aliphatic rings. The first-order chi connectivity index (χ1) is 5.36. The number of hydrogen-bond donors (Lipinski definition) is 0.